The van der Waals surface area contributed by atoms with Crippen LogP contribution in [0, 0.1) is 12.8 Å². The van der Waals surface area contributed by atoms with Gasteiger partial charge in [-0.1, -0.05) is 32.4 Å². The Morgan fingerprint density at radius 1 is 1.50 bits per heavy atom. The van der Waals surface area contributed by atoms with Gasteiger partial charge in [-0.2, -0.15) is 0 Å². The fraction of sp³-hybridized carbons (Fsp3) is 0.500. The zero-order chi connectivity index (χ0) is 12.0. The number of nitrogens with one attached hydrogen (secondary N) is 1. The van der Waals surface area contributed by atoms with E-state index in [1.54, 1.807) is 0 Å². The summed E-state index contributed by atoms with van der Waals surface area (Å²) in [5, 5.41) is 3.38. The number of hydrogen-bond acceptors (Lipinski definition) is 2. The predicted molar refractivity (Wildman–Crippen MR) is 70.3 cm³/mol. The Morgan fingerprint density at radius 3 is 2.81 bits per heavy atom. The van der Waals surface area contributed by atoms with Crippen molar-refractivity contribution in [2.45, 2.75) is 27.7 Å². The molecule has 1 rings (SSSR count). The third-order valence-electron chi connectivity index (χ3n) is 2.74. The van der Waals surface area contributed by atoms with Gasteiger partial charge in [-0.05, 0) is 36.6 Å². The largest absolute Gasteiger partial charge is 0.313 e. The highest BCUT2D eigenvalue weighted by Gasteiger charge is 2.04. The van der Waals surface area contributed by atoms with E-state index in [1.807, 2.05) is 12.4 Å². The van der Waals surface area contributed by atoms with Gasteiger partial charge in [-0.25, -0.2) is 0 Å². The molecule has 88 valence electrons. The quantitative estimate of drug-likeness (QED) is 0.821. The Kier molecular flexibility index (Phi) is 5.20. The fourth-order valence-electron chi connectivity index (χ4n) is 1.52. The number of aryl methyl sites for hydroxylation is 1. The molecule has 0 saturated heterocycles. The molecule has 0 bridgehead atoms. The average Bonchev–Trinajstić information content (AvgIpc) is 2.26. The molecule has 1 N–H and O–H groups in total. The molecule has 2 nitrogen and oxygen atoms in total. The molecule has 1 heterocycles. The number of nitrogens with zero attached hydrogens (tertiary/aromatic N) is 1. The zero-order valence-electron chi connectivity index (χ0n) is 10.7. The first-order chi connectivity index (χ1) is 7.65. The van der Waals surface area contributed by atoms with Crippen molar-refractivity contribution in [2.75, 3.05) is 13.1 Å². The van der Waals surface area contributed by atoms with Crippen molar-refractivity contribution in [3.05, 3.63) is 35.2 Å². The van der Waals surface area contributed by atoms with E-state index in [4.69, 9.17) is 0 Å². The van der Waals surface area contributed by atoms with Gasteiger partial charge in [0, 0.05) is 18.9 Å². The van der Waals surface area contributed by atoms with Crippen LogP contribution >= 0.6 is 0 Å². The third-order valence-corrected chi connectivity index (χ3v) is 2.74. The van der Waals surface area contributed by atoms with Gasteiger partial charge in [-0.3, -0.25) is 4.98 Å². The number of rotatable bonds is 5. The van der Waals surface area contributed by atoms with Crippen molar-refractivity contribution in [3.8, 4) is 0 Å². The monoisotopic (exact) mass is 218 g/mol. The lowest BCUT2D eigenvalue weighted by Crippen LogP contribution is -2.18. The topological polar surface area (TPSA) is 24.9 Å². The number of pyridine rings is 1. The highest BCUT2D eigenvalue weighted by Crippen LogP contribution is 2.15. The van der Waals surface area contributed by atoms with Gasteiger partial charge >= 0.3 is 0 Å². The van der Waals surface area contributed by atoms with Gasteiger partial charge < -0.3 is 5.32 Å². The van der Waals surface area contributed by atoms with Gasteiger partial charge in [0.25, 0.3) is 0 Å². The van der Waals surface area contributed by atoms with E-state index in [0.29, 0.717) is 5.92 Å². The van der Waals surface area contributed by atoms with Crippen LogP contribution in [0.15, 0.2) is 24.0 Å². The van der Waals surface area contributed by atoms with Crippen LogP contribution in [0.5, 0.6) is 0 Å². The summed E-state index contributed by atoms with van der Waals surface area (Å²) >= 11 is 0. The van der Waals surface area contributed by atoms with E-state index in [0.717, 1.165) is 13.1 Å². The summed E-state index contributed by atoms with van der Waals surface area (Å²) in [6.07, 6.45) is 6.03. The van der Waals surface area contributed by atoms with Crippen molar-refractivity contribution in [3.63, 3.8) is 0 Å². The summed E-state index contributed by atoms with van der Waals surface area (Å²) in [7, 11) is 0. The summed E-state index contributed by atoms with van der Waals surface area (Å²) in [4.78, 5) is 4.17. The van der Waals surface area contributed by atoms with Crippen molar-refractivity contribution in [2.24, 2.45) is 5.92 Å². The predicted octanol–water partition coefficient (Wildman–Crippen LogP) is 3.04. The maximum absolute atomic E-state index is 4.17. The molecular formula is C14H22N2. The van der Waals surface area contributed by atoms with E-state index in [9.17, 15) is 0 Å². The van der Waals surface area contributed by atoms with Gasteiger partial charge in [0.2, 0.25) is 0 Å². The van der Waals surface area contributed by atoms with Crippen LogP contribution in [-0.4, -0.2) is 18.1 Å². The van der Waals surface area contributed by atoms with E-state index in [1.165, 1.54) is 16.7 Å². The molecule has 0 aromatic carbocycles. The van der Waals surface area contributed by atoms with Gasteiger partial charge in [0.15, 0.2) is 0 Å². The minimum atomic E-state index is 0.568. The Bertz CT molecular complexity index is 354. The summed E-state index contributed by atoms with van der Waals surface area (Å²) in [6.45, 7) is 10.7. The molecular weight excluding hydrogens is 196 g/mol. The van der Waals surface area contributed by atoms with Crippen LogP contribution in [0.2, 0.25) is 0 Å². The van der Waals surface area contributed by atoms with Gasteiger partial charge in [0.1, 0.15) is 0 Å². The van der Waals surface area contributed by atoms with Crippen molar-refractivity contribution < 1.29 is 0 Å². The summed E-state index contributed by atoms with van der Waals surface area (Å²) < 4.78 is 0. The highest BCUT2D eigenvalue weighted by molar-refractivity contribution is 5.56. The maximum Gasteiger partial charge on any atom is 0.0342 e. The normalized spacial score (nSPS) is 12.2. The van der Waals surface area contributed by atoms with E-state index >= 15 is 0 Å². The number of likely N-dealkylation sites (N-methyl/N-ethyl adjacent to an activating group) is 1. The molecule has 1 aromatic heterocycles. The first-order valence-electron chi connectivity index (χ1n) is 5.97. The van der Waals surface area contributed by atoms with Crippen LogP contribution < -0.4 is 5.32 Å². The van der Waals surface area contributed by atoms with E-state index in [-0.39, 0.29) is 0 Å². The molecule has 0 saturated carbocycles. The first-order valence-corrected chi connectivity index (χ1v) is 5.97. The molecule has 0 fully saturated rings. The second-order valence-corrected chi connectivity index (χ2v) is 4.39. The summed E-state index contributed by atoms with van der Waals surface area (Å²) in [6, 6.07) is 2.05. The SMILES string of the molecule is CCNC/C(=C/c1cnccc1C)C(C)C. The Morgan fingerprint density at radius 2 is 2.25 bits per heavy atom. The van der Waals surface area contributed by atoms with Crippen LogP contribution in [0.25, 0.3) is 6.08 Å². The van der Waals surface area contributed by atoms with Gasteiger partial charge in [-0.15, -0.1) is 0 Å². The second-order valence-electron chi connectivity index (χ2n) is 4.39. The second kappa shape index (κ2) is 6.44. The van der Waals surface area contributed by atoms with Gasteiger partial charge in [0.05, 0.1) is 0 Å². The van der Waals surface area contributed by atoms with Crippen LogP contribution in [0.1, 0.15) is 31.9 Å². The summed E-state index contributed by atoms with van der Waals surface area (Å²) in [5.74, 6) is 0.568. The Balaban J connectivity index is 2.89. The van der Waals surface area contributed by atoms with Crippen LogP contribution in [0.3, 0.4) is 0 Å². The van der Waals surface area contributed by atoms with Crippen molar-refractivity contribution in [1.29, 1.82) is 0 Å². The fourth-order valence-corrected chi connectivity index (χ4v) is 1.52. The molecule has 0 radical (unpaired) electrons. The molecule has 1 aromatic rings. The molecule has 2 heteroatoms. The molecule has 0 aliphatic rings. The maximum atomic E-state index is 4.17. The number of hydrogen-bond donors (Lipinski definition) is 1. The molecule has 0 spiro atoms. The molecule has 16 heavy (non-hydrogen) atoms. The van der Waals surface area contributed by atoms with E-state index in [2.05, 4.69) is 50.1 Å². The van der Waals surface area contributed by atoms with Crippen LogP contribution in [0.4, 0.5) is 0 Å². The Labute approximate surface area is 98.8 Å². The van der Waals surface area contributed by atoms with Crippen molar-refractivity contribution >= 4 is 6.08 Å². The minimum absolute atomic E-state index is 0.568. The highest BCUT2D eigenvalue weighted by atomic mass is 14.8. The molecule has 0 atom stereocenters. The lowest BCUT2D eigenvalue weighted by molar-refractivity contribution is 0.682. The summed E-state index contributed by atoms with van der Waals surface area (Å²) in [5.41, 5.74) is 3.94. The first kappa shape index (κ1) is 12.9. The van der Waals surface area contributed by atoms with E-state index < -0.39 is 0 Å². The molecule has 0 unspecified atom stereocenters. The lowest BCUT2D eigenvalue weighted by atomic mass is 9.99. The smallest absolute Gasteiger partial charge is 0.0342 e. The Hall–Kier alpha value is -1.15. The lowest BCUT2D eigenvalue weighted by Gasteiger charge is -2.12. The molecule has 0 amide bonds. The standard InChI is InChI=1S/C14H22N2/c1-5-15-9-13(11(2)3)8-14-10-16-7-6-12(14)4/h6-8,10-11,15H,5,9H2,1-4H3/b13-8-. The minimum Gasteiger partial charge on any atom is -0.313 e. The van der Waals surface area contributed by atoms with Crippen molar-refractivity contribution in [1.82, 2.24) is 10.3 Å². The molecule has 0 aliphatic heterocycles. The number of aromatic nitrogens is 1. The zero-order valence-corrected chi connectivity index (χ0v) is 10.7. The van der Waals surface area contributed by atoms with Crippen LogP contribution in [-0.2, 0) is 0 Å². The average molecular weight is 218 g/mol. The molecule has 0 aliphatic carbocycles. The third kappa shape index (κ3) is 3.78.